The molecule has 0 bridgehead atoms. The van der Waals surface area contributed by atoms with Crippen LogP contribution in [0.3, 0.4) is 0 Å². The molecule has 1 aliphatic rings. The highest BCUT2D eigenvalue weighted by Gasteiger charge is 2.37. The lowest BCUT2D eigenvalue weighted by Crippen LogP contribution is -2.39. The van der Waals surface area contributed by atoms with Gasteiger partial charge < -0.3 is 14.9 Å². The number of nitrogens with one attached hydrogen (secondary N) is 1. The van der Waals surface area contributed by atoms with Gasteiger partial charge in [0.2, 0.25) is 11.7 Å². The van der Waals surface area contributed by atoms with E-state index in [9.17, 15) is 9.50 Å². The van der Waals surface area contributed by atoms with Crippen molar-refractivity contribution in [3.05, 3.63) is 29.9 Å². The second-order valence-corrected chi connectivity index (χ2v) is 5.47. The van der Waals surface area contributed by atoms with E-state index < -0.39 is 5.82 Å². The molecular formula is C15H18FN3O2. The first-order valence-electron chi connectivity index (χ1n) is 7.18. The Hall–Kier alpha value is -1.95. The number of phenols is 1. The molecular weight excluding hydrogens is 273 g/mol. The van der Waals surface area contributed by atoms with Crippen LogP contribution in [-0.4, -0.2) is 28.3 Å². The minimum absolute atomic E-state index is 0.0913. The normalized spacial score (nSPS) is 17.8. The van der Waals surface area contributed by atoms with Gasteiger partial charge in [0.05, 0.1) is 5.41 Å². The zero-order valence-corrected chi connectivity index (χ0v) is 11.9. The summed E-state index contributed by atoms with van der Waals surface area (Å²) in [7, 11) is 0. The van der Waals surface area contributed by atoms with E-state index in [0.717, 1.165) is 32.4 Å². The minimum atomic E-state index is -0.689. The summed E-state index contributed by atoms with van der Waals surface area (Å²) in [4.78, 5) is 4.46. The minimum Gasteiger partial charge on any atom is -0.505 e. The summed E-state index contributed by atoms with van der Waals surface area (Å²) in [6, 6.07) is 4.08. The molecule has 0 atom stereocenters. The number of hydrogen-bond acceptors (Lipinski definition) is 5. The van der Waals surface area contributed by atoms with E-state index >= 15 is 0 Å². The van der Waals surface area contributed by atoms with Crippen LogP contribution in [0.1, 0.15) is 32.1 Å². The van der Waals surface area contributed by atoms with Crippen molar-refractivity contribution in [1.29, 1.82) is 0 Å². The van der Waals surface area contributed by atoms with Crippen molar-refractivity contribution in [3.8, 4) is 17.1 Å². The van der Waals surface area contributed by atoms with E-state index in [2.05, 4.69) is 22.4 Å². The Morgan fingerprint density at radius 1 is 1.38 bits per heavy atom. The SMILES string of the molecule is CCC1(c2nc(-c3ccc(O)c(F)c3)no2)CCNCC1. The molecule has 0 aliphatic carbocycles. The first-order valence-corrected chi connectivity index (χ1v) is 7.18. The van der Waals surface area contributed by atoms with Gasteiger partial charge in [0.15, 0.2) is 11.6 Å². The van der Waals surface area contributed by atoms with Gasteiger partial charge in [-0.25, -0.2) is 4.39 Å². The fraction of sp³-hybridized carbons (Fsp3) is 0.467. The third-order valence-electron chi connectivity index (χ3n) is 4.32. The van der Waals surface area contributed by atoms with Gasteiger partial charge in [-0.05, 0) is 50.6 Å². The van der Waals surface area contributed by atoms with E-state index in [1.165, 1.54) is 12.1 Å². The zero-order valence-electron chi connectivity index (χ0n) is 11.9. The molecule has 1 fully saturated rings. The molecule has 21 heavy (non-hydrogen) atoms. The Bertz CT molecular complexity index is 636. The fourth-order valence-corrected chi connectivity index (χ4v) is 2.83. The molecule has 2 aromatic rings. The lowest BCUT2D eigenvalue weighted by Gasteiger charge is -2.33. The molecule has 0 unspecified atom stereocenters. The molecule has 112 valence electrons. The largest absolute Gasteiger partial charge is 0.505 e. The molecule has 5 nitrogen and oxygen atoms in total. The van der Waals surface area contributed by atoms with E-state index in [4.69, 9.17) is 4.52 Å². The Balaban J connectivity index is 1.93. The van der Waals surface area contributed by atoms with Gasteiger partial charge in [0.1, 0.15) is 0 Å². The predicted octanol–water partition coefficient (Wildman–Crippen LogP) is 2.61. The summed E-state index contributed by atoms with van der Waals surface area (Å²) < 4.78 is 18.9. The van der Waals surface area contributed by atoms with Crippen LogP contribution in [0.5, 0.6) is 5.75 Å². The summed E-state index contributed by atoms with van der Waals surface area (Å²) in [6.45, 7) is 3.98. The molecule has 3 rings (SSSR count). The molecule has 1 saturated heterocycles. The Kier molecular flexibility index (Phi) is 3.63. The van der Waals surface area contributed by atoms with Crippen molar-refractivity contribution in [2.45, 2.75) is 31.6 Å². The number of rotatable bonds is 3. The van der Waals surface area contributed by atoms with Crippen LogP contribution in [0.15, 0.2) is 22.7 Å². The molecule has 6 heteroatoms. The topological polar surface area (TPSA) is 71.2 Å². The predicted molar refractivity (Wildman–Crippen MR) is 75.4 cm³/mol. The van der Waals surface area contributed by atoms with Crippen molar-refractivity contribution < 1.29 is 14.0 Å². The fourth-order valence-electron chi connectivity index (χ4n) is 2.83. The number of hydrogen-bond donors (Lipinski definition) is 2. The summed E-state index contributed by atoms with van der Waals surface area (Å²) in [6.07, 6.45) is 2.84. The number of piperidine rings is 1. The van der Waals surface area contributed by atoms with E-state index in [1.807, 2.05) is 0 Å². The van der Waals surface area contributed by atoms with Crippen LogP contribution in [0.4, 0.5) is 4.39 Å². The number of halogens is 1. The molecule has 0 amide bonds. The zero-order chi connectivity index (χ0) is 14.9. The van der Waals surface area contributed by atoms with Crippen molar-refractivity contribution >= 4 is 0 Å². The summed E-state index contributed by atoms with van der Waals surface area (Å²) in [5, 5.41) is 16.5. The quantitative estimate of drug-likeness (QED) is 0.909. The maximum atomic E-state index is 13.4. The molecule has 0 radical (unpaired) electrons. The summed E-state index contributed by atoms with van der Waals surface area (Å²) in [5.41, 5.74) is 0.409. The Morgan fingerprint density at radius 2 is 2.14 bits per heavy atom. The number of aromatic nitrogens is 2. The molecule has 2 N–H and O–H groups in total. The molecule has 2 heterocycles. The third-order valence-corrected chi connectivity index (χ3v) is 4.32. The van der Waals surface area contributed by atoms with Crippen molar-refractivity contribution in [2.75, 3.05) is 13.1 Å². The van der Waals surface area contributed by atoms with Crippen LogP contribution in [0.2, 0.25) is 0 Å². The van der Waals surface area contributed by atoms with Crippen molar-refractivity contribution in [1.82, 2.24) is 15.5 Å². The van der Waals surface area contributed by atoms with Gasteiger partial charge in [-0.15, -0.1) is 0 Å². The van der Waals surface area contributed by atoms with Gasteiger partial charge >= 0.3 is 0 Å². The number of aromatic hydroxyl groups is 1. The van der Waals surface area contributed by atoms with Crippen LogP contribution >= 0.6 is 0 Å². The van der Waals surface area contributed by atoms with E-state index in [0.29, 0.717) is 17.3 Å². The maximum absolute atomic E-state index is 13.4. The average Bonchev–Trinajstić information content (AvgIpc) is 3.01. The van der Waals surface area contributed by atoms with Gasteiger partial charge in [0.25, 0.3) is 0 Å². The average molecular weight is 291 g/mol. The lowest BCUT2D eigenvalue weighted by molar-refractivity contribution is 0.216. The molecule has 1 aromatic carbocycles. The first kappa shape index (κ1) is 14.0. The van der Waals surface area contributed by atoms with Crippen LogP contribution in [0.25, 0.3) is 11.4 Å². The monoisotopic (exact) mass is 291 g/mol. The Morgan fingerprint density at radius 3 is 2.81 bits per heavy atom. The maximum Gasteiger partial charge on any atom is 0.233 e. The summed E-state index contributed by atoms with van der Waals surface area (Å²) in [5.74, 6) is -0.0954. The first-order chi connectivity index (χ1) is 10.1. The third kappa shape index (κ3) is 2.51. The molecule has 1 aromatic heterocycles. The standard InChI is InChI=1S/C15H18FN3O2/c1-2-15(5-7-17-8-6-15)14-18-13(19-21-14)10-3-4-12(20)11(16)9-10/h3-4,9,17,20H,2,5-8H2,1H3. The van der Waals surface area contributed by atoms with Gasteiger partial charge in [-0.2, -0.15) is 4.98 Å². The van der Waals surface area contributed by atoms with Crippen LogP contribution < -0.4 is 5.32 Å². The molecule has 0 saturated carbocycles. The highest BCUT2D eigenvalue weighted by Crippen LogP contribution is 2.36. The highest BCUT2D eigenvalue weighted by atomic mass is 19.1. The number of phenolic OH excluding ortho intramolecular Hbond substituents is 1. The van der Waals surface area contributed by atoms with E-state index in [1.54, 1.807) is 6.07 Å². The highest BCUT2D eigenvalue weighted by molar-refractivity contribution is 5.56. The second kappa shape index (κ2) is 5.44. The number of benzene rings is 1. The Labute approximate surface area is 122 Å². The van der Waals surface area contributed by atoms with Gasteiger partial charge in [-0.3, -0.25) is 0 Å². The smallest absolute Gasteiger partial charge is 0.233 e. The molecule has 0 spiro atoms. The van der Waals surface area contributed by atoms with Crippen LogP contribution in [0, 0.1) is 5.82 Å². The molecule has 1 aliphatic heterocycles. The van der Waals surface area contributed by atoms with E-state index in [-0.39, 0.29) is 11.2 Å². The summed E-state index contributed by atoms with van der Waals surface area (Å²) >= 11 is 0. The van der Waals surface area contributed by atoms with Crippen molar-refractivity contribution in [2.24, 2.45) is 0 Å². The second-order valence-electron chi connectivity index (χ2n) is 5.47. The lowest BCUT2D eigenvalue weighted by atomic mass is 9.76. The van der Waals surface area contributed by atoms with Crippen molar-refractivity contribution in [3.63, 3.8) is 0 Å². The van der Waals surface area contributed by atoms with Gasteiger partial charge in [0, 0.05) is 5.56 Å². The van der Waals surface area contributed by atoms with Crippen LogP contribution in [-0.2, 0) is 5.41 Å². The van der Waals surface area contributed by atoms with Gasteiger partial charge in [-0.1, -0.05) is 12.1 Å². The number of nitrogens with zero attached hydrogens (tertiary/aromatic N) is 2.